The normalized spacial score (nSPS) is 15.6. The molecule has 84 valence electrons. The monoisotopic (exact) mass is 199 g/mol. The largest absolute Gasteiger partial charge is 0.330 e. The van der Waals surface area contributed by atoms with Gasteiger partial charge in [0.05, 0.1) is 0 Å². The summed E-state index contributed by atoms with van der Waals surface area (Å²) >= 11 is 0. The van der Waals surface area contributed by atoms with E-state index in [1.165, 1.54) is 0 Å². The van der Waals surface area contributed by atoms with Crippen LogP contribution in [0.25, 0.3) is 0 Å². The van der Waals surface area contributed by atoms with Crippen LogP contribution in [0.3, 0.4) is 0 Å². The van der Waals surface area contributed by atoms with E-state index in [-0.39, 0.29) is 12.0 Å². The summed E-state index contributed by atoms with van der Waals surface area (Å²) < 4.78 is 0. The highest BCUT2D eigenvalue weighted by Crippen LogP contribution is 2.15. The van der Waals surface area contributed by atoms with Gasteiger partial charge in [0, 0.05) is 11.8 Å². The lowest BCUT2D eigenvalue weighted by molar-refractivity contribution is 0.427. The highest BCUT2D eigenvalue weighted by molar-refractivity contribution is 5.88. The van der Waals surface area contributed by atoms with E-state index in [2.05, 4.69) is 6.92 Å². The van der Waals surface area contributed by atoms with Crippen LogP contribution < -0.4 is 11.5 Å². The summed E-state index contributed by atoms with van der Waals surface area (Å²) in [7, 11) is 0. The van der Waals surface area contributed by atoms with E-state index in [4.69, 9.17) is 16.9 Å². The van der Waals surface area contributed by atoms with E-state index in [1.54, 1.807) is 0 Å². The molecule has 0 aromatic heterocycles. The van der Waals surface area contributed by atoms with Crippen LogP contribution >= 0.6 is 0 Å². The summed E-state index contributed by atoms with van der Waals surface area (Å²) in [6.45, 7) is 6.92. The third-order valence-electron chi connectivity index (χ3n) is 2.76. The van der Waals surface area contributed by atoms with Crippen molar-refractivity contribution in [3.63, 3.8) is 0 Å². The first-order chi connectivity index (χ1) is 6.52. The Morgan fingerprint density at radius 1 is 1.36 bits per heavy atom. The quantitative estimate of drug-likeness (QED) is 0.546. The molecule has 0 aliphatic heterocycles. The molecule has 0 saturated heterocycles. The van der Waals surface area contributed by atoms with Crippen molar-refractivity contribution in [1.29, 1.82) is 5.41 Å². The van der Waals surface area contributed by atoms with Crippen molar-refractivity contribution >= 4 is 5.71 Å². The summed E-state index contributed by atoms with van der Waals surface area (Å²) in [4.78, 5) is 0. The Morgan fingerprint density at radius 2 is 1.93 bits per heavy atom. The van der Waals surface area contributed by atoms with Gasteiger partial charge >= 0.3 is 0 Å². The molecule has 0 fully saturated rings. The molecule has 2 atom stereocenters. The Kier molecular flexibility index (Phi) is 6.75. The first-order valence-electron chi connectivity index (χ1n) is 5.56. The zero-order valence-electron chi connectivity index (χ0n) is 9.72. The number of rotatable bonds is 7. The summed E-state index contributed by atoms with van der Waals surface area (Å²) in [5, 5.41) is 7.79. The van der Waals surface area contributed by atoms with Crippen LogP contribution in [0.5, 0.6) is 0 Å². The average Bonchev–Trinajstić information content (AvgIpc) is 2.15. The minimum absolute atomic E-state index is 0.0773. The molecule has 0 radical (unpaired) electrons. The van der Waals surface area contributed by atoms with Crippen LogP contribution in [0.2, 0.25) is 0 Å². The second kappa shape index (κ2) is 6.96. The van der Waals surface area contributed by atoms with E-state index in [0.29, 0.717) is 11.6 Å². The molecule has 14 heavy (non-hydrogen) atoms. The Balaban J connectivity index is 4.01. The van der Waals surface area contributed by atoms with E-state index in [9.17, 15) is 0 Å². The van der Waals surface area contributed by atoms with Gasteiger partial charge in [-0.25, -0.2) is 0 Å². The Labute approximate surface area is 87.8 Å². The van der Waals surface area contributed by atoms with Gasteiger partial charge in [-0.1, -0.05) is 27.2 Å². The highest BCUT2D eigenvalue weighted by Gasteiger charge is 2.17. The molecule has 0 bridgehead atoms. The van der Waals surface area contributed by atoms with E-state index < -0.39 is 0 Å². The summed E-state index contributed by atoms with van der Waals surface area (Å²) in [6, 6.07) is -0.0773. The molecule has 0 aliphatic carbocycles. The third-order valence-corrected chi connectivity index (χ3v) is 2.76. The fraction of sp³-hybridized carbons (Fsp3) is 0.909. The van der Waals surface area contributed by atoms with E-state index >= 15 is 0 Å². The van der Waals surface area contributed by atoms with Gasteiger partial charge in [-0.05, 0) is 31.2 Å². The number of nitrogens with two attached hydrogens (primary N) is 2. The molecule has 3 heteroatoms. The summed E-state index contributed by atoms with van der Waals surface area (Å²) in [5.74, 6) is 0.842. The van der Waals surface area contributed by atoms with Gasteiger partial charge in [0.25, 0.3) is 0 Å². The second-order valence-corrected chi connectivity index (χ2v) is 4.30. The molecule has 3 nitrogen and oxygen atoms in total. The van der Waals surface area contributed by atoms with Crippen LogP contribution in [-0.2, 0) is 0 Å². The van der Waals surface area contributed by atoms with Gasteiger partial charge in [0.1, 0.15) is 0 Å². The van der Waals surface area contributed by atoms with Crippen molar-refractivity contribution in [1.82, 2.24) is 0 Å². The number of nitrogens with one attached hydrogen (secondary N) is 1. The highest BCUT2D eigenvalue weighted by atomic mass is 14.7. The van der Waals surface area contributed by atoms with Crippen molar-refractivity contribution < 1.29 is 0 Å². The average molecular weight is 199 g/mol. The molecule has 0 aromatic rings. The topological polar surface area (TPSA) is 75.9 Å². The van der Waals surface area contributed by atoms with Crippen molar-refractivity contribution in [2.45, 2.75) is 46.1 Å². The predicted molar refractivity (Wildman–Crippen MR) is 62.6 cm³/mol. The Morgan fingerprint density at radius 3 is 2.29 bits per heavy atom. The third kappa shape index (κ3) is 4.72. The van der Waals surface area contributed by atoms with Crippen LogP contribution in [0.1, 0.15) is 40.0 Å². The lowest BCUT2D eigenvalue weighted by atomic mass is 9.89. The Hall–Kier alpha value is -0.410. The van der Waals surface area contributed by atoms with Gasteiger partial charge < -0.3 is 16.9 Å². The molecular weight excluding hydrogens is 174 g/mol. The molecule has 0 aliphatic rings. The van der Waals surface area contributed by atoms with Crippen molar-refractivity contribution in [3.8, 4) is 0 Å². The second-order valence-electron chi connectivity index (χ2n) is 4.30. The lowest BCUT2D eigenvalue weighted by Crippen LogP contribution is -2.35. The summed E-state index contributed by atoms with van der Waals surface area (Å²) in [6.07, 6.45) is 3.04. The van der Waals surface area contributed by atoms with Crippen LogP contribution in [0, 0.1) is 17.2 Å². The van der Waals surface area contributed by atoms with E-state index in [1.807, 2.05) is 13.8 Å². The van der Waals surface area contributed by atoms with Crippen LogP contribution in [-0.4, -0.2) is 18.3 Å². The maximum atomic E-state index is 7.79. The zero-order chi connectivity index (χ0) is 11.1. The predicted octanol–water partition coefficient (Wildman–Crippen LogP) is 1.75. The van der Waals surface area contributed by atoms with Crippen molar-refractivity contribution in [2.75, 3.05) is 6.54 Å². The van der Waals surface area contributed by atoms with Gasteiger partial charge in [0.2, 0.25) is 0 Å². The first kappa shape index (κ1) is 13.6. The standard InChI is InChI=1S/C11H25N3/c1-4-9(5-6-12)7-10(13)11(14)8(2)3/h8-10,14H,4-7,12-13H2,1-3H3. The number of hydrogen-bond donors (Lipinski definition) is 3. The molecule has 0 heterocycles. The maximum absolute atomic E-state index is 7.79. The van der Waals surface area contributed by atoms with Gasteiger partial charge in [0.15, 0.2) is 0 Å². The van der Waals surface area contributed by atoms with Crippen LogP contribution in [0.4, 0.5) is 0 Å². The zero-order valence-corrected chi connectivity index (χ0v) is 9.72. The molecule has 5 N–H and O–H groups in total. The van der Waals surface area contributed by atoms with Gasteiger partial charge in [-0.2, -0.15) is 0 Å². The number of hydrogen-bond acceptors (Lipinski definition) is 3. The fourth-order valence-corrected chi connectivity index (χ4v) is 1.64. The molecule has 2 unspecified atom stereocenters. The molecule has 0 amide bonds. The molecular formula is C11H25N3. The fourth-order valence-electron chi connectivity index (χ4n) is 1.64. The minimum Gasteiger partial charge on any atom is -0.330 e. The molecule has 0 saturated carbocycles. The van der Waals surface area contributed by atoms with Gasteiger partial charge in [-0.15, -0.1) is 0 Å². The lowest BCUT2D eigenvalue weighted by Gasteiger charge is -2.21. The SMILES string of the molecule is CCC(CCN)CC(N)C(=N)C(C)C. The van der Waals surface area contributed by atoms with Crippen molar-refractivity contribution in [3.05, 3.63) is 0 Å². The smallest absolute Gasteiger partial charge is 0.0428 e. The van der Waals surface area contributed by atoms with Gasteiger partial charge in [-0.3, -0.25) is 0 Å². The molecule has 0 spiro atoms. The first-order valence-corrected chi connectivity index (χ1v) is 5.56. The maximum Gasteiger partial charge on any atom is 0.0428 e. The van der Waals surface area contributed by atoms with E-state index in [0.717, 1.165) is 25.8 Å². The Bertz CT molecular complexity index is 166. The molecule has 0 rings (SSSR count). The minimum atomic E-state index is -0.0773. The summed E-state index contributed by atoms with van der Waals surface area (Å²) in [5.41, 5.74) is 12.1. The van der Waals surface area contributed by atoms with Crippen LogP contribution in [0.15, 0.2) is 0 Å². The molecule has 0 aromatic carbocycles. The van der Waals surface area contributed by atoms with Crippen molar-refractivity contribution in [2.24, 2.45) is 23.3 Å².